The molecule has 0 radical (unpaired) electrons. The number of sulfonamides is 1. The second-order valence-corrected chi connectivity index (χ2v) is 9.92. The Morgan fingerprint density at radius 3 is 2.37 bits per heavy atom. The summed E-state index contributed by atoms with van der Waals surface area (Å²) in [5, 5.41) is 5.27. The van der Waals surface area contributed by atoms with Crippen LogP contribution in [0.5, 0.6) is 0 Å². The average molecular weight is 445 g/mol. The molecule has 0 aromatic heterocycles. The third kappa shape index (κ3) is 4.36. The molecule has 3 aromatic carbocycles. The van der Waals surface area contributed by atoms with Gasteiger partial charge < -0.3 is 5.32 Å². The SMILES string of the molecule is CC(NC(=O)c1cc(S(=O)(=O)N(C)C(C)C)ccc1Cl)c1cccc2ccccc12. The molecule has 5 nitrogen and oxygen atoms in total. The van der Waals surface area contributed by atoms with Crippen LogP contribution in [0, 0.1) is 0 Å². The molecule has 7 heteroatoms. The summed E-state index contributed by atoms with van der Waals surface area (Å²) in [6, 6.07) is 17.6. The van der Waals surface area contributed by atoms with E-state index in [1.807, 2.05) is 49.4 Å². The van der Waals surface area contributed by atoms with Crippen LogP contribution in [0.25, 0.3) is 10.8 Å². The van der Waals surface area contributed by atoms with E-state index in [4.69, 9.17) is 11.6 Å². The maximum Gasteiger partial charge on any atom is 0.253 e. The third-order valence-corrected chi connectivity index (χ3v) is 7.58. The van der Waals surface area contributed by atoms with Crippen LogP contribution in [0.3, 0.4) is 0 Å². The molecule has 0 heterocycles. The first kappa shape index (κ1) is 22.3. The van der Waals surface area contributed by atoms with Crippen LogP contribution in [0.1, 0.15) is 42.7 Å². The van der Waals surface area contributed by atoms with Crippen molar-refractivity contribution < 1.29 is 13.2 Å². The average Bonchev–Trinajstić information content (AvgIpc) is 2.72. The number of hydrogen-bond donors (Lipinski definition) is 1. The molecule has 0 aliphatic rings. The van der Waals surface area contributed by atoms with E-state index in [2.05, 4.69) is 5.32 Å². The van der Waals surface area contributed by atoms with Gasteiger partial charge >= 0.3 is 0 Å². The first-order valence-corrected chi connectivity index (χ1v) is 11.5. The quantitative estimate of drug-likeness (QED) is 0.580. The van der Waals surface area contributed by atoms with E-state index in [-0.39, 0.29) is 27.6 Å². The van der Waals surface area contributed by atoms with Gasteiger partial charge in [0.15, 0.2) is 0 Å². The zero-order valence-corrected chi connectivity index (χ0v) is 19.0. The zero-order chi connectivity index (χ0) is 22.1. The number of carbonyl (C=O) groups is 1. The second kappa shape index (κ2) is 8.76. The molecular formula is C23H25ClN2O3S. The number of amides is 1. The first-order valence-electron chi connectivity index (χ1n) is 9.69. The van der Waals surface area contributed by atoms with E-state index in [1.165, 1.54) is 29.6 Å². The lowest BCUT2D eigenvalue weighted by molar-refractivity contribution is 0.0940. The second-order valence-electron chi connectivity index (χ2n) is 7.52. The highest BCUT2D eigenvalue weighted by Crippen LogP contribution is 2.27. The van der Waals surface area contributed by atoms with Crippen molar-refractivity contribution in [2.24, 2.45) is 0 Å². The van der Waals surface area contributed by atoms with Crippen molar-refractivity contribution in [1.82, 2.24) is 9.62 Å². The number of hydrogen-bond acceptors (Lipinski definition) is 3. The summed E-state index contributed by atoms with van der Waals surface area (Å²) in [5.74, 6) is -0.426. The summed E-state index contributed by atoms with van der Waals surface area (Å²) in [6.45, 7) is 5.46. The smallest absolute Gasteiger partial charge is 0.253 e. The van der Waals surface area contributed by atoms with Crippen LogP contribution in [-0.2, 0) is 10.0 Å². The molecule has 0 saturated carbocycles. The number of carbonyl (C=O) groups excluding carboxylic acids is 1. The van der Waals surface area contributed by atoms with Gasteiger partial charge in [0.25, 0.3) is 5.91 Å². The minimum atomic E-state index is -3.73. The van der Waals surface area contributed by atoms with Gasteiger partial charge in [-0.1, -0.05) is 54.1 Å². The highest BCUT2D eigenvalue weighted by molar-refractivity contribution is 7.89. The Hall–Kier alpha value is -2.41. The number of benzene rings is 3. The maximum atomic E-state index is 13.0. The van der Waals surface area contributed by atoms with Crippen LogP contribution in [0.15, 0.2) is 65.6 Å². The molecular weight excluding hydrogens is 420 g/mol. The van der Waals surface area contributed by atoms with Crippen molar-refractivity contribution in [3.63, 3.8) is 0 Å². The fourth-order valence-corrected chi connectivity index (χ4v) is 4.86. The molecule has 1 amide bonds. The summed E-state index contributed by atoms with van der Waals surface area (Å²) < 4.78 is 26.9. The topological polar surface area (TPSA) is 66.5 Å². The van der Waals surface area contributed by atoms with Gasteiger partial charge in [-0.15, -0.1) is 0 Å². The molecule has 0 aliphatic carbocycles. The molecule has 158 valence electrons. The lowest BCUT2D eigenvalue weighted by Gasteiger charge is -2.22. The number of nitrogens with one attached hydrogen (secondary N) is 1. The van der Waals surface area contributed by atoms with E-state index < -0.39 is 15.9 Å². The number of nitrogens with zero attached hydrogens (tertiary/aromatic N) is 1. The summed E-state index contributed by atoms with van der Waals surface area (Å²) >= 11 is 6.24. The van der Waals surface area contributed by atoms with E-state index >= 15 is 0 Å². The van der Waals surface area contributed by atoms with Crippen molar-refractivity contribution in [3.8, 4) is 0 Å². The molecule has 1 N–H and O–H groups in total. The van der Waals surface area contributed by atoms with E-state index in [0.717, 1.165) is 16.3 Å². The van der Waals surface area contributed by atoms with Crippen LogP contribution >= 0.6 is 11.6 Å². The Labute approximate surface area is 182 Å². The molecule has 3 aromatic rings. The first-order chi connectivity index (χ1) is 14.1. The van der Waals surface area contributed by atoms with Crippen molar-refractivity contribution in [2.45, 2.75) is 37.8 Å². The van der Waals surface area contributed by atoms with E-state index in [0.29, 0.717) is 0 Å². The van der Waals surface area contributed by atoms with Gasteiger partial charge in [0.05, 0.1) is 21.5 Å². The number of fused-ring (bicyclic) bond motifs is 1. The number of halogens is 1. The third-order valence-electron chi connectivity index (χ3n) is 5.22. The zero-order valence-electron chi connectivity index (χ0n) is 17.4. The van der Waals surface area contributed by atoms with Gasteiger partial charge in [-0.3, -0.25) is 4.79 Å². The van der Waals surface area contributed by atoms with Gasteiger partial charge in [-0.05, 0) is 55.3 Å². The Bertz CT molecular complexity index is 1190. The van der Waals surface area contributed by atoms with Crippen LogP contribution in [0.4, 0.5) is 0 Å². The fraction of sp³-hybridized carbons (Fsp3) is 0.261. The summed E-state index contributed by atoms with van der Waals surface area (Å²) in [6.07, 6.45) is 0. The molecule has 0 saturated heterocycles. The molecule has 3 rings (SSSR count). The predicted octanol–water partition coefficient (Wildman–Crippen LogP) is 5.01. The lowest BCUT2D eigenvalue weighted by Crippen LogP contribution is -2.33. The van der Waals surface area contributed by atoms with Gasteiger partial charge in [-0.25, -0.2) is 8.42 Å². The largest absolute Gasteiger partial charge is 0.345 e. The van der Waals surface area contributed by atoms with Gasteiger partial charge in [0, 0.05) is 13.1 Å². The van der Waals surface area contributed by atoms with Gasteiger partial charge in [0.2, 0.25) is 10.0 Å². The van der Waals surface area contributed by atoms with Crippen LogP contribution in [0.2, 0.25) is 5.02 Å². The highest BCUT2D eigenvalue weighted by atomic mass is 35.5. The Balaban J connectivity index is 1.92. The predicted molar refractivity (Wildman–Crippen MR) is 121 cm³/mol. The highest BCUT2D eigenvalue weighted by Gasteiger charge is 2.25. The summed E-state index contributed by atoms with van der Waals surface area (Å²) in [5.41, 5.74) is 1.10. The molecule has 0 fully saturated rings. The molecule has 1 unspecified atom stereocenters. The van der Waals surface area contributed by atoms with E-state index in [1.54, 1.807) is 13.8 Å². The molecule has 30 heavy (non-hydrogen) atoms. The Morgan fingerprint density at radius 1 is 1.00 bits per heavy atom. The van der Waals surface area contributed by atoms with Crippen LogP contribution in [-0.4, -0.2) is 31.7 Å². The van der Waals surface area contributed by atoms with Crippen molar-refractivity contribution in [3.05, 3.63) is 76.8 Å². The molecule has 0 bridgehead atoms. The Kier molecular flexibility index (Phi) is 6.50. The Morgan fingerprint density at radius 2 is 1.67 bits per heavy atom. The van der Waals surface area contributed by atoms with Gasteiger partial charge in [0.1, 0.15) is 0 Å². The van der Waals surface area contributed by atoms with Gasteiger partial charge in [-0.2, -0.15) is 4.31 Å². The summed E-state index contributed by atoms with van der Waals surface area (Å²) in [4.78, 5) is 13.0. The van der Waals surface area contributed by atoms with Crippen LogP contribution < -0.4 is 5.32 Å². The van der Waals surface area contributed by atoms with Crippen molar-refractivity contribution in [1.29, 1.82) is 0 Å². The fourth-order valence-electron chi connectivity index (χ4n) is 3.26. The van der Waals surface area contributed by atoms with Crippen molar-refractivity contribution in [2.75, 3.05) is 7.05 Å². The molecule has 0 aliphatic heterocycles. The number of rotatable bonds is 6. The minimum absolute atomic E-state index is 0.0334. The molecule has 0 spiro atoms. The van der Waals surface area contributed by atoms with E-state index in [9.17, 15) is 13.2 Å². The summed E-state index contributed by atoms with van der Waals surface area (Å²) in [7, 11) is -2.21. The normalized spacial score (nSPS) is 13.0. The standard InChI is InChI=1S/C23H25ClN2O3S/c1-15(2)26(4)30(28,29)18-12-13-22(24)21(14-18)23(27)25-16(3)19-11-7-9-17-8-5-6-10-20(17)19/h5-16H,1-4H3,(H,25,27). The lowest BCUT2D eigenvalue weighted by atomic mass is 9.99. The molecule has 1 atom stereocenters. The minimum Gasteiger partial charge on any atom is -0.345 e. The van der Waals surface area contributed by atoms with Crippen molar-refractivity contribution >= 4 is 38.3 Å². The maximum absolute atomic E-state index is 13.0. The monoisotopic (exact) mass is 444 g/mol.